The lowest BCUT2D eigenvalue weighted by Crippen LogP contribution is -2.31. The zero-order chi connectivity index (χ0) is 13.4. The molecule has 0 radical (unpaired) electrons. The van der Waals surface area contributed by atoms with E-state index in [1.165, 1.54) is 5.56 Å². The molecule has 1 nitrogen and oxygen atoms in total. The summed E-state index contributed by atoms with van der Waals surface area (Å²) in [4.78, 5) is 2.64. The van der Waals surface area contributed by atoms with Crippen LogP contribution in [0.25, 0.3) is 0 Å². The number of hydrogen-bond donors (Lipinski definition) is 0. The third-order valence-corrected chi connectivity index (χ3v) is 4.16. The highest BCUT2D eigenvalue weighted by molar-refractivity contribution is 5.39. The molecule has 100 valence electrons. The predicted octanol–water partition coefficient (Wildman–Crippen LogP) is 4.73. The number of hydrogen-bond acceptors (Lipinski definition) is 1. The third kappa shape index (κ3) is 2.33. The topological polar surface area (TPSA) is 3.24 Å². The Labute approximate surface area is 112 Å². The van der Waals surface area contributed by atoms with Crippen molar-refractivity contribution < 1.29 is 0 Å². The molecule has 0 N–H and O–H groups in total. The van der Waals surface area contributed by atoms with Crippen molar-refractivity contribution in [2.75, 3.05) is 0 Å². The van der Waals surface area contributed by atoms with Crippen LogP contribution in [0.2, 0.25) is 0 Å². The van der Waals surface area contributed by atoms with Gasteiger partial charge in [0, 0.05) is 18.6 Å². The molecule has 0 fully saturated rings. The van der Waals surface area contributed by atoms with Crippen LogP contribution in [0.5, 0.6) is 0 Å². The van der Waals surface area contributed by atoms with E-state index in [-0.39, 0.29) is 0 Å². The van der Waals surface area contributed by atoms with E-state index in [0.717, 1.165) is 6.54 Å². The van der Waals surface area contributed by atoms with E-state index in [4.69, 9.17) is 0 Å². The molecule has 0 saturated heterocycles. The highest BCUT2D eigenvalue weighted by Gasteiger charge is 2.33. The Morgan fingerprint density at radius 3 is 2.22 bits per heavy atom. The minimum absolute atomic E-state index is 0.598. The van der Waals surface area contributed by atoms with Gasteiger partial charge in [0.05, 0.1) is 0 Å². The van der Waals surface area contributed by atoms with Crippen LogP contribution in [0.1, 0.15) is 70.2 Å². The lowest BCUT2D eigenvalue weighted by Gasteiger charge is -2.31. The molecule has 1 aromatic carbocycles. The fraction of sp³-hybridized carbons (Fsp3) is 0.647. The Morgan fingerprint density at radius 2 is 1.72 bits per heavy atom. The maximum Gasteiger partial charge on any atom is 0.0380 e. The van der Waals surface area contributed by atoms with Crippen LogP contribution in [-0.4, -0.2) is 10.9 Å². The van der Waals surface area contributed by atoms with E-state index in [9.17, 15) is 0 Å². The Morgan fingerprint density at radius 1 is 1.06 bits per heavy atom. The molecule has 0 bridgehead atoms. The molecule has 1 atom stereocenters. The first-order valence-electron chi connectivity index (χ1n) is 7.30. The van der Waals surface area contributed by atoms with E-state index < -0.39 is 0 Å². The van der Waals surface area contributed by atoms with Gasteiger partial charge in [-0.3, -0.25) is 4.90 Å². The predicted molar refractivity (Wildman–Crippen MR) is 78.8 cm³/mol. The van der Waals surface area contributed by atoms with Crippen LogP contribution in [0.15, 0.2) is 18.2 Å². The highest BCUT2D eigenvalue weighted by atomic mass is 15.2. The zero-order valence-corrected chi connectivity index (χ0v) is 12.7. The van der Waals surface area contributed by atoms with Crippen LogP contribution >= 0.6 is 0 Å². The Kier molecular flexibility index (Phi) is 3.82. The van der Waals surface area contributed by atoms with Gasteiger partial charge in [0.15, 0.2) is 0 Å². The van der Waals surface area contributed by atoms with Crippen LogP contribution < -0.4 is 0 Å². The van der Waals surface area contributed by atoms with Gasteiger partial charge in [-0.05, 0) is 42.4 Å². The van der Waals surface area contributed by atoms with Gasteiger partial charge in [0.1, 0.15) is 0 Å². The minimum Gasteiger partial charge on any atom is -0.289 e. The summed E-state index contributed by atoms with van der Waals surface area (Å²) in [6.07, 6.45) is 0. The number of rotatable bonds is 3. The molecule has 0 aliphatic carbocycles. The normalized spacial score (nSPS) is 20.2. The summed E-state index contributed by atoms with van der Waals surface area (Å²) in [5, 5.41) is 0. The van der Waals surface area contributed by atoms with Gasteiger partial charge in [-0.2, -0.15) is 0 Å². The first-order valence-corrected chi connectivity index (χ1v) is 7.30. The highest BCUT2D eigenvalue weighted by Crippen LogP contribution is 2.40. The fourth-order valence-corrected chi connectivity index (χ4v) is 3.13. The third-order valence-electron chi connectivity index (χ3n) is 4.16. The second-order valence-corrected chi connectivity index (χ2v) is 6.57. The van der Waals surface area contributed by atoms with Gasteiger partial charge in [0.25, 0.3) is 0 Å². The van der Waals surface area contributed by atoms with Gasteiger partial charge < -0.3 is 0 Å². The van der Waals surface area contributed by atoms with E-state index in [1.807, 2.05) is 0 Å². The van der Waals surface area contributed by atoms with Crippen molar-refractivity contribution in [3.8, 4) is 0 Å². The number of fused-ring (bicyclic) bond motifs is 1. The average Bonchev–Trinajstić information content (AvgIpc) is 2.66. The molecule has 0 amide bonds. The van der Waals surface area contributed by atoms with Crippen LogP contribution in [0, 0.1) is 5.92 Å². The molecule has 1 aromatic rings. The first-order chi connectivity index (χ1) is 8.41. The van der Waals surface area contributed by atoms with E-state index >= 15 is 0 Å². The van der Waals surface area contributed by atoms with Gasteiger partial charge in [-0.25, -0.2) is 0 Å². The van der Waals surface area contributed by atoms with Crippen molar-refractivity contribution in [3.05, 3.63) is 34.9 Å². The first kappa shape index (κ1) is 13.6. The molecule has 1 aliphatic rings. The molecule has 1 unspecified atom stereocenters. The Hall–Kier alpha value is -0.820. The van der Waals surface area contributed by atoms with Gasteiger partial charge in [-0.1, -0.05) is 45.9 Å². The number of nitrogens with zero attached hydrogens (tertiary/aromatic N) is 1. The number of benzene rings is 1. The van der Waals surface area contributed by atoms with Crippen molar-refractivity contribution in [2.24, 2.45) is 5.92 Å². The Bertz CT molecular complexity index is 418. The van der Waals surface area contributed by atoms with Crippen molar-refractivity contribution in [1.29, 1.82) is 0 Å². The molecule has 1 heterocycles. The second kappa shape index (κ2) is 5.05. The molecule has 18 heavy (non-hydrogen) atoms. The SMILES string of the molecule is CC(C)c1ccc2c(c1)CN(C(C)C)C2C(C)C. The van der Waals surface area contributed by atoms with E-state index in [0.29, 0.717) is 23.9 Å². The van der Waals surface area contributed by atoms with Crippen molar-refractivity contribution in [2.45, 2.75) is 66.1 Å². The Balaban J connectivity index is 2.39. The van der Waals surface area contributed by atoms with E-state index in [1.54, 1.807) is 11.1 Å². The smallest absolute Gasteiger partial charge is 0.0380 e. The van der Waals surface area contributed by atoms with Crippen LogP contribution in [0.4, 0.5) is 0 Å². The minimum atomic E-state index is 0.598. The monoisotopic (exact) mass is 245 g/mol. The summed E-state index contributed by atoms with van der Waals surface area (Å²) in [6, 6.07) is 8.34. The largest absolute Gasteiger partial charge is 0.289 e. The summed E-state index contributed by atoms with van der Waals surface area (Å²) in [5.74, 6) is 1.31. The van der Waals surface area contributed by atoms with Crippen molar-refractivity contribution in [1.82, 2.24) is 4.90 Å². The summed E-state index contributed by atoms with van der Waals surface area (Å²) in [6.45, 7) is 15.0. The van der Waals surface area contributed by atoms with Crippen LogP contribution in [0.3, 0.4) is 0 Å². The van der Waals surface area contributed by atoms with Crippen molar-refractivity contribution in [3.63, 3.8) is 0 Å². The molecule has 2 rings (SSSR count). The molecule has 0 saturated carbocycles. The molecule has 1 heteroatoms. The molecule has 0 spiro atoms. The summed E-state index contributed by atoms with van der Waals surface area (Å²) < 4.78 is 0. The fourth-order valence-electron chi connectivity index (χ4n) is 3.13. The van der Waals surface area contributed by atoms with Gasteiger partial charge >= 0.3 is 0 Å². The molecular weight excluding hydrogens is 218 g/mol. The van der Waals surface area contributed by atoms with Crippen LogP contribution in [-0.2, 0) is 6.54 Å². The standard InChI is InChI=1S/C17H27N/c1-11(2)14-7-8-16-15(9-14)10-18(13(5)6)17(16)12(3)4/h7-9,11-13,17H,10H2,1-6H3. The summed E-state index contributed by atoms with van der Waals surface area (Å²) >= 11 is 0. The average molecular weight is 245 g/mol. The molecule has 0 aromatic heterocycles. The maximum atomic E-state index is 2.64. The molecule has 1 aliphatic heterocycles. The summed E-state index contributed by atoms with van der Waals surface area (Å²) in [5.41, 5.74) is 4.58. The summed E-state index contributed by atoms with van der Waals surface area (Å²) in [7, 11) is 0. The quantitative estimate of drug-likeness (QED) is 0.744. The zero-order valence-electron chi connectivity index (χ0n) is 12.7. The van der Waals surface area contributed by atoms with Gasteiger partial charge in [-0.15, -0.1) is 0 Å². The lowest BCUT2D eigenvalue weighted by molar-refractivity contribution is 0.132. The molecular formula is C17H27N. The maximum absolute atomic E-state index is 2.64. The second-order valence-electron chi connectivity index (χ2n) is 6.57. The van der Waals surface area contributed by atoms with Gasteiger partial charge in [0.2, 0.25) is 0 Å². The van der Waals surface area contributed by atoms with Crippen molar-refractivity contribution >= 4 is 0 Å². The van der Waals surface area contributed by atoms with E-state index in [2.05, 4.69) is 64.6 Å². The lowest BCUT2D eigenvalue weighted by atomic mass is 9.92.